The van der Waals surface area contributed by atoms with Gasteiger partial charge in [-0.15, -0.1) is 0 Å². The number of amides is 1. The fourth-order valence-electron chi connectivity index (χ4n) is 4.60. The topological polar surface area (TPSA) is 126 Å². The molecule has 182 valence electrons. The van der Waals surface area contributed by atoms with Gasteiger partial charge in [0, 0.05) is 12.5 Å². The van der Waals surface area contributed by atoms with Crippen molar-refractivity contribution in [2.24, 2.45) is 0 Å². The molecule has 8 heteroatoms. The Kier molecular flexibility index (Phi) is 6.37. The number of rotatable bonds is 7. The van der Waals surface area contributed by atoms with E-state index < -0.39 is 23.7 Å². The first-order chi connectivity index (χ1) is 17.5. The monoisotopic (exact) mass is 485 g/mol. The van der Waals surface area contributed by atoms with E-state index in [1.54, 1.807) is 0 Å². The van der Waals surface area contributed by atoms with Crippen LogP contribution in [0.5, 0.6) is 0 Å². The predicted octanol–water partition coefficient (Wildman–Crippen LogP) is 3.54. The second-order valence-corrected chi connectivity index (χ2v) is 8.61. The summed E-state index contributed by atoms with van der Waals surface area (Å²) in [6.07, 6.45) is -2.03. The largest absolute Gasteiger partial charge is 0.463 e. The van der Waals surface area contributed by atoms with Crippen LogP contribution >= 0.6 is 0 Å². The Morgan fingerprint density at radius 3 is 2.36 bits per heavy atom. The van der Waals surface area contributed by atoms with Gasteiger partial charge in [0.1, 0.15) is 30.7 Å². The Balaban J connectivity index is 1.21. The van der Waals surface area contributed by atoms with Gasteiger partial charge in [-0.25, -0.2) is 4.79 Å². The van der Waals surface area contributed by atoms with E-state index in [1.165, 1.54) is 18.2 Å². The number of aliphatic hydroxyl groups is 2. The lowest BCUT2D eigenvalue weighted by atomic mass is 9.98. The standard InChI is InChI=1S/C28H23NO7/c30-13-17-14-35-25-10-9-16(11-22(25)26(17)32)27(33)24(31)12-29-28(34)36-15-23-20-7-3-1-5-18(20)19-6-2-4-8-21(19)23/h1-11,13-14,23-24,27,31,33H,12,15H2,(H,29,34). The molecule has 2 atom stereocenters. The van der Waals surface area contributed by atoms with Gasteiger partial charge >= 0.3 is 6.09 Å². The smallest absolute Gasteiger partial charge is 0.407 e. The Labute approximate surface area is 205 Å². The Hall–Kier alpha value is -4.27. The van der Waals surface area contributed by atoms with Crippen LogP contribution in [0.4, 0.5) is 4.79 Å². The van der Waals surface area contributed by atoms with Gasteiger partial charge in [-0.1, -0.05) is 54.6 Å². The van der Waals surface area contributed by atoms with Crippen LogP contribution in [-0.2, 0) is 4.74 Å². The van der Waals surface area contributed by atoms with Crippen LogP contribution in [0, 0.1) is 0 Å². The van der Waals surface area contributed by atoms with Crippen molar-refractivity contribution < 1.29 is 29.0 Å². The Bertz CT molecular complexity index is 1460. The maximum atomic E-state index is 12.4. The van der Waals surface area contributed by atoms with Gasteiger partial charge in [-0.3, -0.25) is 9.59 Å². The summed E-state index contributed by atoms with van der Waals surface area (Å²) in [6.45, 7) is -0.156. The number of benzene rings is 3. The van der Waals surface area contributed by atoms with Crippen molar-refractivity contribution in [3.8, 4) is 11.1 Å². The van der Waals surface area contributed by atoms with E-state index in [2.05, 4.69) is 5.32 Å². The van der Waals surface area contributed by atoms with E-state index in [0.29, 0.717) is 6.29 Å². The molecule has 8 nitrogen and oxygen atoms in total. The molecule has 0 aliphatic heterocycles. The molecule has 1 aliphatic carbocycles. The Morgan fingerprint density at radius 2 is 1.69 bits per heavy atom. The Morgan fingerprint density at radius 1 is 1.03 bits per heavy atom. The van der Waals surface area contributed by atoms with Gasteiger partial charge in [0.05, 0.1) is 10.9 Å². The van der Waals surface area contributed by atoms with Crippen molar-refractivity contribution in [2.45, 2.75) is 18.1 Å². The number of ether oxygens (including phenoxy) is 1. The summed E-state index contributed by atoms with van der Waals surface area (Å²) in [5, 5.41) is 23.6. The molecule has 0 fully saturated rings. The van der Waals surface area contributed by atoms with Crippen molar-refractivity contribution in [2.75, 3.05) is 13.2 Å². The highest BCUT2D eigenvalue weighted by Gasteiger charge is 2.29. The van der Waals surface area contributed by atoms with E-state index in [0.717, 1.165) is 28.5 Å². The van der Waals surface area contributed by atoms with Crippen LogP contribution in [0.25, 0.3) is 22.1 Å². The lowest BCUT2D eigenvalue weighted by molar-refractivity contribution is 0.0186. The predicted molar refractivity (Wildman–Crippen MR) is 132 cm³/mol. The van der Waals surface area contributed by atoms with Crippen molar-refractivity contribution in [3.05, 3.63) is 105 Å². The average Bonchev–Trinajstić information content (AvgIpc) is 3.24. The number of hydrogen-bond donors (Lipinski definition) is 3. The van der Waals surface area contributed by atoms with E-state index in [9.17, 15) is 24.6 Å². The number of fused-ring (bicyclic) bond motifs is 4. The zero-order valence-corrected chi connectivity index (χ0v) is 19.1. The highest BCUT2D eigenvalue weighted by atomic mass is 16.5. The lowest BCUT2D eigenvalue weighted by Gasteiger charge is -2.19. The highest BCUT2D eigenvalue weighted by Crippen LogP contribution is 2.44. The second kappa shape index (κ2) is 9.77. The summed E-state index contributed by atoms with van der Waals surface area (Å²) in [4.78, 5) is 35.7. The number of hydrogen-bond acceptors (Lipinski definition) is 7. The normalized spacial score (nSPS) is 14.1. The zero-order valence-electron chi connectivity index (χ0n) is 19.1. The number of aliphatic hydroxyl groups excluding tert-OH is 2. The van der Waals surface area contributed by atoms with Gasteiger partial charge < -0.3 is 24.7 Å². The third kappa shape index (κ3) is 4.28. The molecule has 0 spiro atoms. The molecule has 1 amide bonds. The second-order valence-electron chi connectivity index (χ2n) is 8.61. The summed E-state index contributed by atoms with van der Waals surface area (Å²) in [6, 6.07) is 20.3. The van der Waals surface area contributed by atoms with Crippen molar-refractivity contribution >= 4 is 23.3 Å². The number of alkyl carbamates (subject to hydrolysis) is 1. The number of carbonyl (C=O) groups is 2. The first-order valence-electron chi connectivity index (χ1n) is 11.4. The molecular formula is C28H23NO7. The van der Waals surface area contributed by atoms with E-state index >= 15 is 0 Å². The molecule has 1 aromatic heterocycles. The third-order valence-corrected chi connectivity index (χ3v) is 6.46. The number of aldehydes is 1. The van der Waals surface area contributed by atoms with Gasteiger partial charge in [-0.2, -0.15) is 0 Å². The fraction of sp³-hybridized carbons (Fsp3) is 0.179. The molecule has 0 radical (unpaired) electrons. The molecule has 1 aliphatic rings. The summed E-state index contributed by atoms with van der Waals surface area (Å²) < 4.78 is 10.7. The molecule has 5 rings (SSSR count). The highest BCUT2D eigenvalue weighted by molar-refractivity contribution is 5.84. The third-order valence-electron chi connectivity index (χ3n) is 6.46. The van der Waals surface area contributed by atoms with E-state index in [-0.39, 0.29) is 41.2 Å². The van der Waals surface area contributed by atoms with Crippen LogP contribution in [0.1, 0.15) is 39.1 Å². The van der Waals surface area contributed by atoms with Gasteiger partial charge in [0.2, 0.25) is 5.43 Å². The maximum absolute atomic E-state index is 12.4. The minimum Gasteiger partial charge on any atom is -0.463 e. The molecule has 4 aromatic rings. The molecule has 36 heavy (non-hydrogen) atoms. The van der Waals surface area contributed by atoms with Gasteiger partial charge in [0.25, 0.3) is 0 Å². The van der Waals surface area contributed by atoms with Crippen LogP contribution in [0.15, 0.2) is 82.2 Å². The molecule has 3 N–H and O–H groups in total. The lowest BCUT2D eigenvalue weighted by Crippen LogP contribution is -2.36. The van der Waals surface area contributed by atoms with Crippen LogP contribution in [0.3, 0.4) is 0 Å². The summed E-state index contributed by atoms with van der Waals surface area (Å²) in [7, 11) is 0. The molecule has 3 aromatic carbocycles. The van der Waals surface area contributed by atoms with Crippen LogP contribution in [-0.4, -0.2) is 41.8 Å². The van der Waals surface area contributed by atoms with Crippen molar-refractivity contribution in [1.82, 2.24) is 5.32 Å². The number of nitrogens with one attached hydrogen (secondary N) is 1. The quantitative estimate of drug-likeness (QED) is 0.342. The molecule has 0 saturated carbocycles. The zero-order chi connectivity index (χ0) is 25.2. The van der Waals surface area contributed by atoms with Gasteiger partial charge in [0.15, 0.2) is 6.29 Å². The summed E-state index contributed by atoms with van der Waals surface area (Å²) in [5.41, 5.74) is 4.20. The van der Waals surface area contributed by atoms with Crippen LogP contribution in [0.2, 0.25) is 0 Å². The SMILES string of the molecule is O=Cc1coc2ccc(C(O)C(O)CNC(=O)OCC3c4ccccc4-c4ccccc43)cc2c1=O. The molecular weight excluding hydrogens is 462 g/mol. The van der Waals surface area contributed by atoms with E-state index in [1.807, 2.05) is 48.5 Å². The molecule has 0 bridgehead atoms. The minimum absolute atomic E-state index is 0.0979. The maximum Gasteiger partial charge on any atom is 0.407 e. The van der Waals surface area contributed by atoms with Crippen LogP contribution < -0.4 is 10.7 Å². The molecule has 1 heterocycles. The minimum atomic E-state index is -1.40. The molecule has 0 saturated heterocycles. The molecule has 2 unspecified atom stereocenters. The average molecular weight is 485 g/mol. The first-order valence-corrected chi connectivity index (χ1v) is 11.4. The van der Waals surface area contributed by atoms with Gasteiger partial charge in [-0.05, 0) is 39.9 Å². The number of carbonyl (C=O) groups excluding carboxylic acids is 2. The summed E-state index contributed by atoms with van der Waals surface area (Å²) in [5.74, 6) is -0.0979. The summed E-state index contributed by atoms with van der Waals surface area (Å²) >= 11 is 0. The van der Waals surface area contributed by atoms with Crippen molar-refractivity contribution in [3.63, 3.8) is 0 Å². The first kappa shape index (κ1) is 23.5. The van der Waals surface area contributed by atoms with Crippen molar-refractivity contribution in [1.29, 1.82) is 0 Å². The van der Waals surface area contributed by atoms with E-state index in [4.69, 9.17) is 9.15 Å². The fourth-order valence-corrected chi connectivity index (χ4v) is 4.60.